The highest BCUT2D eigenvalue weighted by Crippen LogP contribution is 2.31. The van der Waals surface area contributed by atoms with Crippen LogP contribution in [-0.4, -0.2) is 37.4 Å². The van der Waals surface area contributed by atoms with Gasteiger partial charge in [-0.15, -0.1) is 0 Å². The number of benzene rings is 4. The summed E-state index contributed by atoms with van der Waals surface area (Å²) < 4.78 is 46.6. The molecule has 1 aliphatic rings. The normalized spacial score (nSPS) is 22.7. The van der Waals surface area contributed by atoms with Crippen LogP contribution in [0.1, 0.15) is 22.3 Å². The molecule has 1 aliphatic heterocycles. The quantitative estimate of drug-likeness (QED) is 0.189. The summed E-state index contributed by atoms with van der Waals surface area (Å²) in [6, 6.07) is 39.2. The number of alkyl halides is 1. The molecule has 6 heteroatoms. The highest BCUT2D eigenvalue weighted by Gasteiger charge is 2.48. The molecule has 5 nitrogen and oxygen atoms in total. The molecule has 208 valence electrons. The molecule has 0 aromatic heterocycles. The minimum absolute atomic E-state index is 0.144. The lowest BCUT2D eigenvalue weighted by Gasteiger charge is -2.43. The fourth-order valence-corrected chi connectivity index (χ4v) is 4.73. The van der Waals surface area contributed by atoms with Crippen molar-refractivity contribution in [2.45, 2.75) is 57.2 Å². The second-order valence-corrected chi connectivity index (χ2v) is 9.81. The minimum Gasteiger partial charge on any atom is -0.374 e. The van der Waals surface area contributed by atoms with Crippen molar-refractivity contribution >= 4 is 0 Å². The van der Waals surface area contributed by atoms with Crippen molar-refractivity contribution in [1.82, 2.24) is 0 Å². The summed E-state index contributed by atoms with van der Waals surface area (Å²) in [6.45, 7) is 1.35. The molecule has 0 radical (unpaired) electrons. The Morgan fingerprint density at radius 2 is 0.850 bits per heavy atom. The van der Waals surface area contributed by atoms with E-state index in [1.165, 1.54) is 0 Å². The van der Waals surface area contributed by atoms with Crippen LogP contribution in [0.4, 0.5) is 4.39 Å². The third-order valence-corrected chi connectivity index (χ3v) is 6.83. The van der Waals surface area contributed by atoms with Gasteiger partial charge in [0.05, 0.1) is 33.0 Å². The SMILES string of the molecule is FC1O[C@H](COCc2ccccc2)[C@@H](OCc2ccccc2)[C@H](OCc2ccccc2)[C@@H]1OCc1ccccc1. The summed E-state index contributed by atoms with van der Waals surface area (Å²) in [6.07, 6.45) is -4.77. The van der Waals surface area contributed by atoms with Crippen molar-refractivity contribution < 1.29 is 28.1 Å². The van der Waals surface area contributed by atoms with Gasteiger partial charge in [-0.1, -0.05) is 121 Å². The first kappa shape index (κ1) is 28.1. The monoisotopic (exact) mass is 542 g/mol. The Morgan fingerprint density at radius 3 is 1.30 bits per heavy atom. The van der Waals surface area contributed by atoms with Crippen LogP contribution in [0, 0.1) is 0 Å². The van der Waals surface area contributed by atoms with Gasteiger partial charge in [0, 0.05) is 0 Å². The molecule has 0 amide bonds. The smallest absolute Gasteiger partial charge is 0.228 e. The van der Waals surface area contributed by atoms with E-state index in [0.29, 0.717) is 13.2 Å². The summed E-state index contributed by atoms with van der Waals surface area (Å²) in [5, 5.41) is 0. The number of ether oxygens (including phenoxy) is 5. The molecular weight excluding hydrogens is 507 g/mol. The van der Waals surface area contributed by atoms with E-state index < -0.39 is 30.8 Å². The maximum absolute atomic E-state index is 15.7. The lowest BCUT2D eigenvalue weighted by atomic mass is 9.98. The number of hydrogen-bond donors (Lipinski definition) is 0. The Labute approximate surface area is 235 Å². The van der Waals surface area contributed by atoms with Gasteiger partial charge in [0.25, 0.3) is 0 Å². The minimum atomic E-state index is -1.72. The van der Waals surface area contributed by atoms with Crippen molar-refractivity contribution in [3.05, 3.63) is 144 Å². The van der Waals surface area contributed by atoms with Gasteiger partial charge in [0.15, 0.2) is 0 Å². The van der Waals surface area contributed by atoms with Crippen LogP contribution in [0.2, 0.25) is 0 Å². The molecule has 0 N–H and O–H groups in total. The Balaban J connectivity index is 1.36. The summed E-state index contributed by atoms with van der Waals surface area (Å²) in [5.41, 5.74) is 3.94. The summed E-state index contributed by atoms with van der Waals surface area (Å²) in [7, 11) is 0. The van der Waals surface area contributed by atoms with E-state index in [4.69, 9.17) is 23.7 Å². The maximum atomic E-state index is 15.7. The van der Waals surface area contributed by atoms with E-state index >= 15 is 4.39 Å². The zero-order valence-electron chi connectivity index (χ0n) is 22.4. The molecule has 40 heavy (non-hydrogen) atoms. The van der Waals surface area contributed by atoms with Crippen LogP contribution < -0.4 is 0 Å². The van der Waals surface area contributed by atoms with Gasteiger partial charge in [-0.25, -0.2) is 4.39 Å². The van der Waals surface area contributed by atoms with Gasteiger partial charge in [-0.3, -0.25) is 0 Å². The fourth-order valence-electron chi connectivity index (χ4n) is 4.73. The molecule has 5 atom stereocenters. The molecule has 1 saturated heterocycles. The molecule has 0 aliphatic carbocycles. The zero-order chi connectivity index (χ0) is 27.4. The standard InChI is InChI=1S/C34H35FO5/c35-34-33(39-24-29-19-11-4-12-20-29)32(38-23-28-17-9-3-10-18-28)31(37-22-27-15-7-2-8-16-27)30(40-34)25-36-21-26-13-5-1-6-14-26/h1-20,30-34H,21-25H2/t30-,31-,32+,33+,34?/m1/s1. The Kier molecular flexibility index (Phi) is 10.4. The average Bonchev–Trinajstić information content (AvgIpc) is 3.01. The van der Waals surface area contributed by atoms with Crippen LogP contribution in [0.3, 0.4) is 0 Å². The van der Waals surface area contributed by atoms with Crippen molar-refractivity contribution in [3.8, 4) is 0 Å². The van der Waals surface area contributed by atoms with Crippen LogP contribution in [0.15, 0.2) is 121 Å². The molecule has 0 saturated carbocycles. The van der Waals surface area contributed by atoms with Crippen LogP contribution in [-0.2, 0) is 50.1 Å². The van der Waals surface area contributed by atoms with Crippen LogP contribution in [0.25, 0.3) is 0 Å². The molecule has 1 unspecified atom stereocenters. The third-order valence-electron chi connectivity index (χ3n) is 6.83. The van der Waals surface area contributed by atoms with Crippen LogP contribution in [0.5, 0.6) is 0 Å². The van der Waals surface area contributed by atoms with E-state index in [1.54, 1.807) is 0 Å². The average molecular weight is 543 g/mol. The number of rotatable bonds is 13. The second kappa shape index (κ2) is 14.8. The van der Waals surface area contributed by atoms with Crippen molar-refractivity contribution in [2.24, 2.45) is 0 Å². The first-order valence-corrected chi connectivity index (χ1v) is 13.6. The predicted molar refractivity (Wildman–Crippen MR) is 151 cm³/mol. The lowest BCUT2D eigenvalue weighted by Crippen LogP contribution is -2.60. The van der Waals surface area contributed by atoms with Crippen molar-refractivity contribution in [3.63, 3.8) is 0 Å². The molecular formula is C34H35FO5. The Morgan fingerprint density at radius 1 is 0.475 bits per heavy atom. The van der Waals surface area contributed by atoms with E-state index in [0.717, 1.165) is 22.3 Å². The number of halogens is 1. The fraction of sp³-hybridized carbons (Fsp3) is 0.294. The Bertz CT molecular complexity index is 1240. The summed E-state index contributed by atoms with van der Waals surface area (Å²) in [5.74, 6) is 0. The van der Waals surface area contributed by atoms with Crippen molar-refractivity contribution in [1.29, 1.82) is 0 Å². The van der Waals surface area contributed by atoms with E-state index in [9.17, 15) is 0 Å². The summed E-state index contributed by atoms with van der Waals surface area (Å²) >= 11 is 0. The molecule has 1 heterocycles. The van der Waals surface area contributed by atoms with Gasteiger partial charge >= 0.3 is 0 Å². The van der Waals surface area contributed by atoms with Gasteiger partial charge in [-0.05, 0) is 22.3 Å². The van der Waals surface area contributed by atoms with Crippen LogP contribution >= 0.6 is 0 Å². The zero-order valence-corrected chi connectivity index (χ0v) is 22.4. The van der Waals surface area contributed by atoms with Gasteiger partial charge in [0.1, 0.15) is 24.4 Å². The molecule has 1 fully saturated rings. The highest BCUT2D eigenvalue weighted by atomic mass is 19.1. The van der Waals surface area contributed by atoms with Gasteiger partial charge < -0.3 is 23.7 Å². The first-order valence-electron chi connectivity index (χ1n) is 13.6. The first-order chi connectivity index (χ1) is 19.8. The molecule has 4 aromatic rings. The van der Waals surface area contributed by atoms with E-state index in [2.05, 4.69) is 0 Å². The molecule has 4 aromatic carbocycles. The Hall–Kier alpha value is -3.39. The molecule has 5 rings (SSSR count). The topological polar surface area (TPSA) is 46.2 Å². The van der Waals surface area contributed by atoms with Gasteiger partial charge in [0.2, 0.25) is 6.36 Å². The van der Waals surface area contributed by atoms with E-state index in [-0.39, 0.29) is 19.8 Å². The van der Waals surface area contributed by atoms with Crippen molar-refractivity contribution in [2.75, 3.05) is 6.61 Å². The molecule has 0 spiro atoms. The van der Waals surface area contributed by atoms with E-state index in [1.807, 2.05) is 121 Å². The lowest BCUT2D eigenvalue weighted by molar-refractivity contribution is -0.298. The predicted octanol–water partition coefficient (Wildman–Crippen LogP) is 6.65. The van der Waals surface area contributed by atoms with Gasteiger partial charge in [-0.2, -0.15) is 0 Å². The largest absolute Gasteiger partial charge is 0.374 e. The number of hydrogen-bond acceptors (Lipinski definition) is 5. The third kappa shape index (κ3) is 8.07. The molecule has 0 bridgehead atoms. The second-order valence-electron chi connectivity index (χ2n) is 9.81. The maximum Gasteiger partial charge on any atom is 0.228 e. The highest BCUT2D eigenvalue weighted by molar-refractivity contribution is 5.16. The summed E-state index contributed by atoms with van der Waals surface area (Å²) in [4.78, 5) is 0.